The van der Waals surface area contributed by atoms with Crippen LogP contribution in [0.3, 0.4) is 0 Å². The largest absolute Gasteiger partial charge is 0.530 e. The Bertz CT molecular complexity index is 1060. The topological polar surface area (TPSA) is 123 Å². The molecule has 9 heteroatoms. The summed E-state index contributed by atoms with van der Waals surface area (Å²) < 4.78 is 0. The van der Waals surface area contributed by atoms with Gasteiger partial charge < -0.3 is 25.9 Å². The number of amides is 3. The molecular weight excluding hydrogens is 416 g/mol. The number of nitrogens with zero attached hydrogens (tertiary/aromatic N) is 1. The third-order valence-corrected chi connectivity index (χ3v) is 5.35. The van der Waals surface area contributed by atoms with Gasteiger partial charge in [-0.25, -0.2) is 4.98 Å². The summed E-state index contributed by atoms with van der Waals surface area (Å²) in [6.07, 6.45) is -0.294. The van der Waals surface area contributed by atoms with E-state index in [0.717, 1.165) is 22.5 Å². The van der Waals surface area contributed by atoms with Gasteiger partial charge in [-0.05, 0) is 36.1 Å². The van der Waals surface area contributed by atoms with Gasteiger partial charge in [-0.3, -0.25) is 9.59 Å². The summed E-state index contributed by atoms with van der Waals surface area (Å²) in [5.41, 5.74) is 2.95. The van der Waals surface area contributed by atoms with Crippen LogP contribution in [0.5, 0.6) is 0 Å². The Hall–Kier alpha value is -3.72. The molecule has 3 N–H and O–H groups in total. The van der Waals surface area contributed by atoms with Crippen LogP contribution in [-0.2, 0) is 24.2 Å². The van der Waals surface area contributed by atoms with Gasteiger partial charge >= 0.3 is 0 Å². The molecule has 8 nitrogen and oxygen atoms in total. The summed E-state index contributed by atoms with van der Waals surface area (Å²) in [4.78, 5) is 39.6. The Labute approximate surface area is 183 Å². The van der Waals surface area contributed by atoms with Crippen molar-refractivity contribution >= 4 is 40.1 Å². The molecule has 0 spiro atoms. The van der Waals surface area contributed by atoms with Crippen molar-refractivity contribution in [3.05, 3.63) is 76.3 Å². The van der Waals surface area contributed by atoms with Crippen LogP contribution >= 0.6 is 11.3 Å². The van der Waals surface area contributed by atoms with Crippen molar-refractivity contribution in [2.24, 2.45) is 0 Å². The quantitative estimate of drug-likeness (QED) is 0.500. The monoisotopic (exact) mass is 437 g/mol. The van der Waals surface area contributed by atoms with E-state index in [1.165, 1.54) is 6.92 Å². The fraction of sp³-hybridized carbons (Fsp3) is 0.182. The molecule has 0 radical (unpaired) electrons. The molecule has 3 aromatic rings. The zero-order valence-corrected chi connectivity index (χ0v) is 17.6. The summed E-state index contributed by atoms with van der Waals surface area (Å²) >= 11 is 1.14. The van der Waals surface area contributed by atoms with Gasteiger partial charge in [0.1, 0.15) is 11.0 Å². The second-order valence-corrected chi connectivity index (χ2v) is 7.75. The number of rotatable bonds is 8. The van der Waals surface area contributed by atoms with Crippen molar-refractivity contribution < 1.29 is 19.5 Å². The Morgan fingerprint density at radius 1 is 0.935 bits per heavy atom. The number of hydrogen-bond donors (Lipinski definition) is 3. The predicted octanol–water partition coefficient (Wildman–Crippen LogP) is 2.57. The zero-order chi connectivity index (χ0) is 22.2. The second-order valence-electron chi connectivity index (χ2n) is 6.75. The van der Waals surface area contributed by atoms with Crippen molar-refractivity contribution in [3.63, 3.8) is 0 Å². The highest BCUT2D eigenvalue weighted by atomic mass is 32.1. The minimum Gasteiger partial charge on any atom is -0.530 e. The lowest BCUT2D eigenvalue weighted by Crippen LogP contribution is -2.28. The Kier molecular flexibility index (Phi) is 7.34. The minimum atomic E-state index is -1.37. The van der Waals surface area contributed by atoms with E-state index in [1.54, 1.807) is 24.3 Å². The summed E-state index contributed by atoms with van der Waals surface area (Å²) in [6.45, 7) is 1.78. The maximum atomic E-state index is 12.8. The fourth-order valence-electron chi connectivity index (χ4n) is 2.90. The third-order valence-electron chi connectivity index (χ3n) is 4.33. The van der Waals surface area contributed by atoms with Gasteiger partial charge in [0.05, 0.1) is 5.69 Å². The molecule has 1 heterocycles. The number of benzene rings is 2. The van der Waals surface area contributed by atoms with Crippen LogP contribution in [0.4, 0.5) is 15.6 Å². The fourth-order valence-corrected chi connectivity index (χ4v) is 3.87. The number of aromatic nitrogens is 1. The molecule has 1 aromatic heterocycles. The Morgan fingerprint density at radius 2 is 1.65 bits per heavy atom. The molecule has 0 aliphatic rings. The number of anilines is 2. The van der Waals surface area contributed by atoms with Crippen LogP contribution in [0.15, 0.2) is 54.6 Å². The smallest absolute Gasteiger partial charge is 0.263 e. The van der Waals surface area contributed by atoms with E-state index in [0.29, 0.717) is 40.8 Å². The standard InChI is InChI=1S/C22H22N4O4S/c1-14(27)24-21-26-18(12-9-15-7-10-17(11-8-15)25-22(29)30)19(31-21)20(28)23-13-16-5-3-2-4-6-16/h2-8,10-11,25H,9,12-13H2,1H3,(H,23,28)(H,29,30)(H,24,26,27)/p-1. The zero-order valence-electron chi connectivity index (χ0n) is 16.8. The predicted molar refractivity (Wildman–Crippen MR) is 117 cm³/mol. The number of carbonyl (C=O) groups is 3. The SMILES string of the molecule is CC(=O)Nc1nc(CCc2ccc(NC(=O)[O-])cc2)c(C(=O)NCc2ccccc2)s1. The van der Waals surface area contributed by atoms with Crippen molar-refractivity contribution in [3.8, 4) is 0 Å². The average molecular weight is 438 g/mol. The molecule has 0 atom stereocenters. The average Bonchev–Trinajstić information content (AvgIpc) is 3.14. The molecule has 0 aliphatic heterocycles. The highest BCUT2D eigenvalue weighted by molar-refractivity contribution is 7.17. The number of carbonyl (C=O) groups excluding carboxylic acids is 3. The lowest BCUT2D eigenvalue weighted by molar-refractivity contribution is -0.242. The van der Waals surface area contributed by atoms with Gasteiger partial charge in [0.2, 0.25) is 5.91 Å². The normalized spacial score (nSPS) is 10.4. The number of thiazole rings is 1. The highest BCUT2D eigenvalue weighted by Gasteiger charge is 2.18. The van der Waals surface area contributed by atoms with E-state index >= 15 is 0 Å². The number of carboxylic acid groups (broad SMARTS) is 1. The Balaban J connectivity index is 1.70. The van der Waals surface area contributed by atoms with Crippen LogP contribution in [-0.4, -0.2) is 22.9 Å². The molecule has 0 saturated heterocycles. The van der Waals surface area contributed by atoms with Gasteiger partial charge in [0.15, 0.2) is 5.13 Å². The van der Waals surface area contributed by atoms with Gasteiger partial charge in [-0.15, -0.1) is 0 Å². The number of nitrogens with one attached hydrogen (secondary N) is 3. The summed E-state index contributed by atoms with van der Waals surface area (Å²) in [6, 6.07) is 16.4. The molecule has 0 bridgehead atoms. The lowest BCUT2D eigenvalue weighted by Gasteiger charge is -2.08. The van der Waals surface area contributed by atoms with Crippen LogP contribution < -0.4 is 21.1 Å². The van der Waals surface area contributed by atoms with E-state index in [-0.39, 0.29) is 11.8 Å². The lowest BCUT2D eigenvalue weighted by atomic mass is 10.1. The van der Waals surface area contributed by atoms with Gasteiger partial charge in [0.25, 0.3) is 5.91 Å². The second kappa shape index (κ2) is 10.4. The van der Waals surface area contributed by atoms with E-state index in [1.807, 2.05) is 30.3 Å². The first-order valence-corrected chi connectivity index (χ1v) is 10.4. The van der Waals surface area contributed by atoms with E-state index < -0.39 is 6.09 Å². The molecule has 31 heavy (non-hydrogen) atoms. The Morgan fingerprint density at radius 3 is 2.29 bits per heavy atom. The van der Waals surface area contributed by atoms with Crippen molar-refractivity contribution in [1.82, 2.24) is 10.3 Å². The van der Waals surface area contributed by atoms with Gasteiger partial charge in [-0.2, -0.15) is 0 Å². The number of aryl methyl sites for hydroxylation is 2. The van der Waals surface area contributed by atoms with E-state index in [4.69, 9.17) is 0 Å². The maximum Gasteiger partial charge on any atom is 0.263 e. The first-order chi connectivity index (χ1) is 14.9. The summed E-state index contributed by atoms with van der Waals surface area (Å²) in [5, 5.41) is 18.7. The van der Waals surface area contributed by atoms with Gasteiger partial charge in [-0.1, -0.05) is 53.8 Å². The summed E-state index contributed by atoms with van der Waals surface area (Å²) in [7, 11) is 0. The molecule has 0 aliphatic carbocycles. The van der Waals surface area contributed by atoms with E-state index in [9.17, 15) is 19.5 Å². The summed E-state index contributed by atoms with van der Waals surface area (Å²) in [5.74, 6) is -0.506. The van der Waals surface area contributed by atoms with Gasteiger partial charge in [0, 0.05) is 19.2 Å². The first kappa shape index (κ1) is 22.0. The van der Waals surface area contributed by atoms with Crippen molar-refractivity contribution in [2.75, 3.05) is 10.6 Å². The van der Waals surface area contributed by atoms with Crippen molar-refractivity contribution in [1.29, 1.82) is 0 Å². The highest BCUT2D eigenvalue weighted by Crippen LogP contribution is 2.25. The van der Waals surface area contributed by atoms with Crippen LogP contribution in [0.2, 0.25) is 0 Å². The molecule has 0 saturated carbocycles. The van der Waals surface area contributed by atoms with Crippen LogP contribution in [0.25, 0.3) is 0 Å². The molecule has 0 fully saturated rings. The molecule has 3 rings (SSSR count). The van der Waals surface area contributed by atoms with Crippen molar-refractivity contribution in [2.45, 2.75) is 26.3 Å². The first-order valence-electron chi connectivity index (χ1n) is 9.57. The molecule has 2 aromatic carbocycles. The molecular formula is C22H21N4O4S-. The van der Waals surface area contributed by atoms with Crippen LogP contribution in [0, 0.1) is 0 Å². The molecule has 3 amide bonds. The molecule has 0 unspecified atom stereocenters. The maximum absolute atomic E-state index is 12.8. The van der Waals surface area contributed by atoms with E-state index in [2.05, 4.69) is 20.9 Å². The third kappa shape index (κ3) is 6.65. The number of hydrogen-bond acceptors (Lipinski definition) is 6. The minimum absolute atomic E-state index is 0.249. The molecule has 160 valence electrons. The van der Waals surface area contributed by atoms with Crippen LogP contribution in [0.1, 0.15) is 33.4 Å².